The molecule has 0 spiro atoms. The lowest BCUT2D eigenvalue weighted by Crippen LogP contribution is -2.04. The van der Waals surface area contributed by atoms with Crippen molar-refractivity contribution >= 4 is 33.9 Å². The lowest BCUT2D eigenvalue weighted by molar-refractivity contribution is 0.0695. The van der Waals surface area contributed by atoms with Crippen LogP contribution in [0.3, 0.4) is 0 Å². The van der Waals surface area contributed by atoms with Crippen molar-refractivity contribution in [2.75, 3.05) is 5.33 Å². The van der Waals surface area contributed by atoms with Gasteiger partial charge in [0.1, 0.15) is 0 Å². The second-order valence-corrected chi connectivity index (χ2v) is 3.62. The van der Waals surface area contributed by atoms with Gasteiger partial charge >= 0.3 is 11.9 Å². The first-order chi connectivity index (χ1) is 7.56. The highest BCUT2D eigenvalue weighted by atomic mass is 79.9. The number of rotatable bonds is 4. The minimum atomic E-state index is -1.14. The molecule has 0 aromatic heterocycles. The third-order valence-electron chi connectivity index (χ3n) is 1.92. The van der Waals surface area contributed by atoms with Gasteiger partial charge < -0.3 is 10.2 Å². The zero-order valence-electron chi connectivity index (χ0n) is 8.18. The normalized spacial score (nSPS) is 10.6. The zero-order valence-corrected chi connectivity index (χ0v) is 9.77. The van der Waals surface area contributed by atoms with E-state index in [0.717, 1.165) is 6.07 Å². The Bertz CT molecular complexity index is 451. The van der Waals surface area contributed by atoms with E-state index in [1.54, 1.807) is 12.2 Å². The summed E-state index contributed by atoms with van der Waals surface area (Å²) < 4.78 is 0. The molecule has 5 heteroatoms. The number of carboxylic acids is 2. The maximum absolute atomic E-state index is 10.9. The topological polar surface area (TPSA) is 74.6 Å². The second-order valence-electron chi connectivity index (χ2n) is 2.97. The van der Waals surface area contributed by atoms with E-state index in [1.165, 1.54) is 12.1 Å². The Morgan fingerprint density at radius 2 is 1.94 bits per heavy atom. The van der Waals surface area contributed by atoms with Gasteiger partial charge in [0.2, 0.25) is 0 Å². The number of carbonyl (C=O) groups is 2. The highest BCUT2D eigenvalue weighted by molar-refractivity contribution is 9.09. The van der Waals surface area contributed by atoms with Crippen LogP contribution < -0.4 is 0 Å². The largest absolute Gasteiger partial charge is 0.478 e. The molecule has 0 saturated carbocycles. The van der Waals surface area contributed by atoms with E-state index in [1.807, 2.05) is 0 Å². The smallest absolute Gasteiger partial charge is 0.336 e. The molecule has 0 bridgehead atoms. The van der Waals surface area contributed by atoms with Gasteiger partial charge in [0.25, 0.3) is 0 Å². The highest BCUT2D eigenvalue weighted by Gasteiger charge is 2.11. The molecule has 2 N–H and O–H groups in total. The summed E-state index contributed by atoms with van der Waals surface area (Å²) in [5, 5.41) is 18.3. The summed E-state index contributed by atoms with van der Waals surface area (Å²) >= 11 is 3.18. The molecule has 4 nitrogen and oxygen atoms in total. The number of halogens is 1. The van der Waals surface area contributed by atoms with Crippen molar-refractivity contribution in [2.24, 2.45) is 0 Å². The molecular formula is C11H9BrO4. The molecule has 0 fully saturated rings. The third kappa shape index (κ3) is 2.93. The van der Waals surface area contributed by atoms with E-state index in [0.29, 0.717) is 10.9 Å². The quantitative estimate of drug-likeness (QED) is 0.833. The van der Waals surface area contributed by atoms with Gasteiger partial charge in [-0.25, -0.2) is 9.59 Å². The van der Waals surface area contributed by atoms with Gasteiger partial charge in [0.05, 0.1) is 11.1 Å². The van der Waals surface area contributed by atoms with Gasteiger partial charge in [0, 0.05) is 5.33 Å². The van der Waals surface area contributed by atoms with Crippen molar-refractivity contribution in [2.45, 2.75) is 0 Å². The van der Waals surface area contributed by atoms with Crippen LogP contribution in [0.15, 0.2) is 24.3 Å². The molecule has 1 rings (SSSR count). The number of carboxylic acid groups (broad SMARTS) is 2. The first-order valence-corrected chi connectivity index (χ1v) is 5.51. The lowest BCUT2D eigenvalue weighted by Gasteiger charge is -2.02. The Morgan fingerprint density at radius 1 is 1.25 bits per heavy atom. The summed E-state index contributed by atoms with van der Waals surface area (Å²) in [5.41, 5.74) is 0.433. The molecular weight excluding hydrogens is 276 g/mol. The van der Waals surface area contributed by atoms with Crippen LogP contribution in [0.5, 0.6) is 0 Å². The van der Waals surface area contributed by atoms with E-state index in [2.05, 4.69) is 15.9 Å². The van der Waals surface area contributed by atoms with E-state index in [9.17, 15) is 9.59 Å². The first-order valence-electron chi connectivity index (χ1n) is 4.39. The summed E-state index contributed by atoms with van der Waals surface area (Å²) in [6, 6.07) is 4.01. The number of allylic oxidation sites excluding steroid dienone is 1. The average molecular weight is 285 g/mol. The Hall–Kier alpha value is -1.62. The van der Waals surface area contributed by atoms with Crippen LogP contribution in [-0.2, 0) is 0 Å². The fourth-order valence-corrected chi connectivity index (χ4v) is 1.38. The molecule has 0 aliphatic heterocycles. The SMILES string of the molecule is O=C(O)c1ccc(C=CCBr)c(C(=O)O)c1. The molecule has 84 valence electrons. The van der Waals surface area contributed by atoms with Gasteiger partial charge in [0.15, 0.2) is 0 Å². The van der Waals surface area contributed by atoms with Gasteiger partial charge in [-0.3, -0.25) is 0 Å². The standard InChI is InChI=1S/C11H9BrO4/c12-5-1-2-7-3-4-8(10(13)14)6-9(7)11(15)16/h1-4,6H,5H2,(H,13,14)(H,15,16). The molecule has 0 saturated heterocycles. The average Bonchev–Trinajstić information content (AvgIpc) is 2.25. The Balaban J connectivity index is 3.24. The van der Waals surface area contributed by atoms with Gasteiger partial charge in [-0.05, 0) is 17.7 Å². The molecule has 0 unspecified atom stereocenters. The third-order valence-corrected chi connectivity index (χ3v) is 2.29. The van der Waals surface area contributed by atoms with E-state index in [4.69, 9.17) is 10.2 Å². The molecule has 0 aliphatic carbocycles. The number of aromatic carboxylic acids is 2. The number of alkyl halides is 1. The van der Waals surface area contributed by atoms with Crippen LogP contribution >= 0.6 is 15.9 Å². The molecule has 0 aliphatic rings. The van der Waals surface area contributed by atoms with Crippen LogP contribution in [0.25, 0.3) is 6.08 Å². The van der Waals surface area contributed by atoms with Gasteiger partial charge in [-0.2, -0.15) is 0 Å². The van der Waals surface area contributed by atoms with Crippen molar-refractivity contribution in [1.29, 1.82) is 0 Å². The van der Waals surface area contributed by atoms with Crippen LogP contribution in [0.2, 0.25) is 0 Å². The van der Waals surface area contributed by atoms with Crippen molar-refractivity contribution in [1.82, 2.24) is 0 Å². The monoisotopic (exact) mass is 284 g/mol. The van der Waals surface area contributed by atoms with E-state index in [-0.39, 0.29) is 11.1 Å². The van der Waals surface area contributed by atoms with Crippen LogP contribution in [-0.4, -0.2) is 27.5 Å². The van der Waals surface area contributed by atoms with Crippen molar-refractivity contribution in [3.8, 4) is 0 Å². The first kappa shape index (κ1) is 12.4. The molecule has 0 radical (unpaired) electrons. The molecule has 1 aromatic carbocycles. The molecule has 0 atom stereocenters. The Kier molecular flexibility index (Phi) is 4.25. The second kappa shape index (κ2) is 5.46. The number of hydrogen-bond donors (Lipinski definition) is 2. The van der Waals surface area contributed by atoms with Gasteiger partial charge in [-0.1, -0.05) is 34.1 Å². The predicted molar refractivity (Wildman–Crippen MR) is 63.2 cm³/mol. The lowest BCUT2D eigenvalue weighted by atomic mass is 10.0. The fraction of sp³-hybridized carbons (Fsp3) is 0.0909. The summed E-state index contributed by atoms with van der Waals surface area (Å²) in [4.78, 5) is 21.6. The van der Waals surface area contributed by atoms with Gasteiger partial charge in [-0.15, -0.1) is 0 Å². The summed E-state index contributed by atoms with van der Waals surface area (Å²) in [6.07, 6.45) is 3.37. The van der Waals surface area contributed by atoms with Crippen LogP contribution in [0.4, 0.5) is 0 Å². The fourth-order valence-electron chi connectivity index (χ4n) is 1.19. The maximum Gasteiger partial charge on any atom is 0.336 e. The van der Waals surface area contributed by atoms with E-state index >= 15 is 0 Å². The summed E-state index contributed by atoms with van der Waals surface area (Å²) in [7, 11) is 0. The predicted octanol–water partition coefficient (Wildman–Crippen LogP) is 2.49. The molecule has 0 amide bonds. The van der Waals surface area contributed by atoms with Crippen molar-refractivity contribution in [3.05, 3.63) is 41.0 Å². The minimum absolute atomic E-state index is 0.0166. The van der Waals surface area contributed by atoms with Crippen LogP contribution in [0.1, 0.15) is 26.3 Å². The van der Waals surface area contributed by atoms with Crippen molar-refractivity contribution in [3.63, 3.8) is 0 Å². The number of benzene rings is 1. The molecule has 0 heterocycles. The highest BCUT2D eigenvalue weighted by Crippen LogP contribution is 2.14. The zero-order chi connectivity index (χ0) is 12.1. The molecule has 1 aromatic rings. The number of hydrogen-bond acceptors (Lipinski definition) is 2. The van der Waals surface area contributed by atoms with Crippen molar-refractivity contribution < 1.29 is 19.8 Å². The van der Waals surface area contributed by atoms with Crippen LogP contribution in [0, 0.1) is 0 Å². The maximum atomic E-state index is 10.9. The molecule has 16 heavy (non-hydrogen) atoms. The minimum Gasteiger partial charge on any atom is -0.478 e. The van der Waals surface area contributed by atoms with E-state index < -0.39 is 11.9 Å². The summed E-state index contributed by atoms with van der Waals surface area (Å²) in [6.45, 7) is 0. The summed E-state index contributed by atoms with van der Waals surface area (Å²) in [5.74, 6) is -2.28. The Morgan fingerprint density at radius 3 is 2.44 bits per heavy atom. The Labute approximate surface area is 100 Å².